The molecule has 0 saturated carbocycles. The van der Waals surface area contributed by atoms with Gasteiger partial charge in [-0.2, -0.15) is 5.10 Å². The summed E-state index contributed by atoms with van der Waals surface area (Å²) in [6.45, 7) is 6.13. The predicted octanol–water partition coefficient (Wildman–Crippen LogP) is 5.13. The number of pyridine rings is 1. The fraction of sp³-hybridized carbons (Fsp3) is 0.286. The molecule has 0 unspecified atom stereocenters. The van der Waals surface area contributed by atoms with Crippen LogP contribution >= 0.6 is 11.6 Å². The third-order valence-electron chi connectivity index (χ3n) is 4.27. The number of benzene rings is 1. The van der Waals surface area contributed by atoms with E-state index >= 15 is 0 Å². The standard InChI is InChI=1S/C21H23ClN4O/c1-14(2)10-19(21(27)25-20-9-8-15(3)11-23-20)26-13-16(12-24-26)17-6-4-5-7-18(17)22/h4-9,11-14,19H,10H2,1-3H3,(H,23,25,27)/t19-/m0/s1. The second-order valence-corrected chi connectivity index (χ2v) is 7.45. The maximum atomic E-state index is 12.9. The number of carbonyl (C=O) groups excluding carboxylic acids is 1. The summed E-state index contributed by atoms with van der Waals surface area (Å²) in [7, 11) is 0. The average molecular weight is 383 g/mol. The molecule has 3 aromatic rings. The van der Waals surface area contributed by atoms with Crippen molar-refractivity contribution >= 4 is 23.3 Å². The van der Waals surface area contributed by atoms with Gasteiger partial charge in [0.05, 0.1) is 6.20 Å². The van der Waals surface area contributed by atoms with Crippen LogP contribution in [0, 0.1) is 12.8 Å². The predicted molar refractivity (Wildman–Crippen MR) is 109 cm³/mol. The molecule has 140 valence electrons. The van der Waals surface area contributed by atoms with Crippen LogP contribution in [0.1, 0.15) is 31.9 Å². The molecule has 1 amide bonds. The minimum atomic E-state index is -0.427. The van der Waals surface area contributed by atoms with Gasteiger partial charge in [-0.1, -0.05) is 49.7 Å². The summed E-state index contributed by atoms with van der Waals surface area (Å²) in [5, 5.41) is 8.00. The average Bonchev–Trinajstić information content (AvgIpc) is 3.11. The van der Waals surface area contributed by atoms with Crippen LogP contribution in [0.4, 0.5) is 5.82 Å². The SMILES string of the molecule is Cc1ccc(NC(=O)[C@H](CC(C)C)n2cc(-c3ccccc3Cl)cn2)nc1. The van der Waals surface area contributed by atoms with Gasteiger partial charge in [0.25, 0.3) is 0 Å². The van der Waals surface area contributed by atoms with Gasteiger partial charge in [0, 0.05) is 28.5 Å². The lowest BCUT2D eigenvalue weighted by molar-refractivity contribution is -0.120. The summed E-state index contributed by atoms with van der Waals surface area (Å²) in [5.41, 5.74) is 2.83. The van der Waals surface area contributed by atoms with Crippen molar-refractivity contribution in [2.24, 2.45) is 5.92 Å². The number of nitrogens with zero attached hydrogens (tertiary/aromatic N) is 3. The Morgan fingerprint density at radius 1 is 1.19 bits per heavy atom. The van der Waals surface area contributed by atoms with Gasteiger partial charge in [-0.3, -0.25) is 9.48 Å². The topological polar surface area (TPSA) is 59.8 Å². The smallest absolute Gasteiger partial charge is 0.250 e. The van der Waals surface area contributed by atoms with E-state index in [4.69, 9.17) is 11.6 Å². The molecule has 0 aliphatic heterocycles. The molecule has 0 aliphatic rings. The van der Waals surface area contributed by atoms with Crippen LogP contribution in [0.5, 0.6) is 0 Å². The Bertz CT molecular complexity index is 918. The molecule has 5 nitrogen and oxygen atoms in total. The van der Waals surface area contributed by atoms with Crippen molar-refractivity contribution in [3.05, 3.63) is 65.6 Å². The first kappa shape index (κ1) is 19.1. The molecule has 0 spiro atoms. The van der Waals surface area contributed by atoms with E-state index in [2.05, 4.69) is 29.2 Å². The number of hydrogen-bond donors (Lipinski definition) is 1. The zero-order chi connectivity index (χ0) is 19.4. The number of anilines is 1. The van der Waals surface area contributed by atoms with E-state index in [1.165, 1.54) is 0 Å². The van der Waals surface area contributed by atoms with Crippen LogP contribution in [0.25, 0.3) is 11.1 Å². The van der Waals surface area contributed by atoms with Gasteiger partial charge in [-0.15, -0.1) is 0 Å². The number of nitrogens with one attached hydrogen (secondary N) is 1. The van der Waals surface area contributed by atoms with E-state index < -0.39 is 6.04 Å². The van der Waals surface area contributed by atoms with Crippen molar-refractivity contribution in [2.45, 2.75) is 33.2 Å². The Hall–Kier alpha value is -2.66. The molecule has 27 heavy (non-hydrogen) atoms. The third kappa shape index (κ3) is 4.74. The van der Waals surface area contributed by atoms with Crippen molar-refractivity contribution in [2.75, 3.05) is 5.32 Å². The number of halogens is 1. The van der Waals surface area contributed by atoms with E-state index in [1.807, 2.05) is 43.5 Å². The van der Waals surface area contributed by atoms with E-state index in [0.29, 0.717) is 23.2 Å². The molecule has 3 rings (SSSR count). The first-order valence-electron chi connectivity index (χ1n) is 8.96. The fourth-order valence-corrected chi connectivity index (χ4v) is 3.12. The normalized spacial score (nSPS) is 12.2. The number of amides is 1. The second kappa shape index (κ2) is 8.35. The summed E-state index contributed by atoms with van der Waals surface area (Å²) < 4.78 is 1.71. The van der Waals surface area contributed by atoms with Crippen molar-refractivity contribution < 1.29 is 4.79 Å². The molecular formula is C21H23ClN4O. The molecule has 2 heterocycles. The molecule has 0 radical (unpaired) electrons. The van der Waals surface area contributed by atoms with E-state index in [1.54, 1.807) is 23.1 Å². The van der Waals surface area contributed by atoms with Crippen LogP contribution in [0.15, 0.2) is 55.0 Å². The highest BCUT2D eigenvalue weighted by atomic mass is 35.5. The molecule has 0 aliphatic carbocycles. The first-order chi connectivity index (χ1) is 12.9. The van der Waals surface area contributed by atoms with E-state index in [9.17, 15) is 4.79 Å². The van der Waals surface area contributed by atoms with Gasteiger partial charge in [0.15, 0.2) is 0 Å². The van der Waals surface area contributed by atoms with Crippen molar-refractivity contribution in [3.63, 3.8) is 0 Å². The van der Waals surface area contributed by atoms with E-state index in [0.717, 1.165) is 16.7 Å². The Kier molecular flexibility index (Phi) is 5.91. The number of carbonyl (C=O) groups is 1. The molecule has 0 saturated heterocycles. The second-order valence-electron chi connectivity index (χ2n) is 7.04. The highest BCUT2D eigenvalue weighted by molar-refractivity contribution is 6.33. The quantitative estimate of drug-likeness (QED) is 0.642. The van der Waals surface area contributed by atoms with Gasteiger partial charge < -0.3 is 5.32 Å². The van der Waals surface area contributed by atoms with Gasteiger partial charge in [-0.25, -0.2) is 4.98 Å². The van der Waals surface area contributed by atoms with Gasteiger partial charge in [0.2, 0.25) is 5.91 Å². The Labute approximate surface area is 164 Å². The molecular weight excluding hydrogens is 360 g/mol. The van der Waals surface area contributed by atoms with Crippen LogP contribution in [-0.4, -0.2) is 20.7 Å². The summed E-state index contributed by atoms with van der Waals surface area (Å²) in [4.78, 5) is 17.2. The Morgan fingerprint density at radius 2 is 1.96 bits per heavy atom. The van der Waals surface area contributed by atoms with Crippen molar-refractivity contribution in [3.8, 4) is 11.1 Å². The largest absolute Gasteiger partial charge is 0.309 e. The molecule has 6 heteroatoms. The number of aromatic nitrogens is 3. The Morgan fingerprint density at radius 3 is 2.63 bits per heavy atom. The Balaban J connectivity index is 1.85. The van der Waals surface area contributed by atoms with E-state index in [-0.39, 0.29) is 5.91 Å². The first-order valence-corrected chi connectivity index (χ1v) is 9.34. The van der Waals surface area contributed by atoms with Crippen molar-refractivity contribution in [1.29, 1.82) is 0 Å². The maximum absolute atomic E-state index is 12.9. The third-order valence-corrected chi connectivity index (χ3v) is 4.60. The zero-order valence-corrected chi connectivity index (χ0v) is 16.4. The lowest BCUT2D eigenvalue weighted by Crippen LogP contribution is -2.28. The number of hydrogen-bond acceptors (Lipinski definition) is 3. The fourth-order valence-electron chi connectivity index (χ4n) is 2.88. The summed E-state index contributed by atoms with van der Waals surface area (Å²) in [6.07, 6.45) is 6.01. The lowest BCUT2D eigenvalue weighted by atomic mass is 10.0. The van der Waals surface area contributed by atoms with Gasteiger partial charge in [-0.05, 0) is 37.0 Å². The van der Waals surface area contributed by atoms with Crippen LogP contribution < -0.4 is 5.32 Å². The summed E-state index contributed by atoms with van der Waals surface area (Å²) >= 11 is 6.29. The summed E-state index contributed by atoms with van der Waals surface area (Å²) in [6, 6.07) is 10.9. The lowest BCUT2D eigenvalue weighted by Gasteiger charge is -2.19. The van der Waals surface area contributed by atoms with Crippen LogP contribution in [-0.2, 0) is 4.79 Å². The van der Waals surface area contributed by atoms with Crippen molar-refractivity contribution in [1.82, 2.24) is 14.8 Å². The highest BCUT2D eigenvalue weighted by Crippen LogP contribution is 2.29. The molecule has 0 fully saturated rings. The van der Waals surface area contributed by atoms with Gasteiger partial charge >= 0.3 is 0 Å². The van der Waals surface area contributed by atoms with Crippen LogP contribution in [0.2, 0.25) is 5.02 Å². The monoisotopic (exact) mass is 382 g/mol. The number of aryl methyl sites for hydroxylation is 1. The molecule has 1 aromatic carbocycles. The summed E-state index contributed by atoms with van der Waals surface area (Å²) in [5.74, 6) is 0.742. The maximum Gasteiger partial charge on any atom is 0.250 e. The molecule has 1 N–H and O–H groups in total. The minimum Gasteiger partial charge on any atom is -0.309 e. The van der Waals surface area contributed by atoms with Crippen LogP contribution in [0.3, 0.4) is 0 Å². The van der Waals surface area contributed by atoms with Gasteiger partial charge in [0.1, 0.15) is 11.9 Å². The zero-order valence-electron chi connectivity index (χ0n) is 15.7. The minimum absolute atomic E-state index is 0.131. The molecule has 2 aromatic heterocycles. The molecule has 1 atom stereocenters. The molecule has 0 bridgehead atoms. The number of rotatable bonds is 6. The highest BCUT2D eigenvalue weighted by Gasteiger charge is 2.23.